The van der Waals surface area contributed by atoms with Crippen molar-refractivity contribution in [2.45, 2.75) is 31.1 Å². The molecule has 0 unspecified atom stereocenters. The topological polar surface area (TPSA) is 38.0 Å². The Labute approximate surface area is 109 Å². The standard InChI is InChI=1S/C14H24N2S/c1-2-17-14-7-5-13(6-8-14)9-12-16-11-4-3-10-15/h5-8,16H,2-4,9-12,15H2,1H3. The first-order valence-electron chi connectivity index (χ1n) is 6.49. The third-order valence-electron chi connectivity index (χ3n) is 2.63. The maximum absolute atomic E-state index is 5.44. The average molecular weight is 252 g/mol. The number of benzene rings is 1. The Morgan fingerprint density at radius 1 is 1.12 bits per heavy atom. The summed E-state index contributed by atoms with van der Waals surface area (Å²) in [5.74, 6) is 1.14. The Balaban J connectivity index is 2.14. The van der Waals surface area contributed by atoms with Crippen molar-refractivity contribution in [2.24, 2.45) is 5.73 Å². The molecule has 0 aliphatic carbocycles. The Kier molecular flexibility index (Phi) is 8.14. The first kappa shape index (κ1) is 14.6. The van der Waals surface area contributed by atoms with Crippen LogP contribution in [0.1, 0.15) is 25.3 Å². The van der Waals surface area contributed by atoms with Crippen LogP contribution in [0.25, 0.3) is 0 Å². The van der Waals surface area contributed by atoms with Crippen molar-refractivity contribution in [3.8, 4) is 0 Å². The van der Waals surface area contributed by atoms with Crippen LogP contribution in [0.4, 0.5) is 0 Å². The van der Waals surface area contributed by atoms with Crippen LogP contribution in [0, 0.1) is 0 Å². The molecule has 0 saturated carbocycles. The van der Waals surface area contributed by atoms with E-state index in [9.17, 15) is 0 Å². The molecule has 1 aromatic rings. The van der Waals surface area contributed by atoms with Gasteiger partial charge in [-0.3, -0.25) is 0 Å². The molecule has 0 bridgehead atoms. The minimum absolute atomic E-state index is 0.804. The van der Waals surface area contributed by atoms with Crippen LogP contribution in [-0.2, 0) is 6.42 Å². The second-order valence-corrected chi connectivity index (χ2v) is 5.41. The summed E-state index contributed by atoms with van der Waals surface area (Å²) in [5.41, 5.74) is 6.86. The van der Waals surface area contributed by atoms with Gasteiger partial charge in [0.05, 0.1) is 0 Å². The molecule has 96 valence electrons. The minimum Gasteiger partial charge on any atom is -0.330 e. The maximum atomic E-state index is 5.44. The minimum atomic E-state index is 0.804. The van der Waals surface area contributed by atoms with Gasteiger partial charge >= 0.3 is 0 Å². The molecule has 0 heterocycles. The van der Waals surface area contributed by atoms with Gasteiger partial charge in [-0.1, -0.05) is 19.1 Å². The smallest absolute Gasteiger partial charge is 0.00720 e. The van der Waals surface area contributed by atoms with Gasteiger partial charge in [-0.15, -0.1) is 11.8 Å². The van der Waals surface area contributed by atoms with Crippen LogP contribution in [0.5, 0.6) is 0 Å². The molecule has 0 radical (unpaired) electrons. The van der Waals surface area contributed by atoms with Crippen molar-refractivity contribution >= 4 is 11.8 Å². The second kappa shape index (κ2) is 9.51. The molecule has 0 aliphatic heterocycles. The highest BCUT2D eigenvalue weighted by Crippen LogP contribution is 2.17. The lowest BCUT2D eigenvalue weighted by molar-refractivity contribution is 0.627. The molecule has 1 aromatic carbocycles. The van der Waals surface area contributed by atoms with Gasteiger partial charge in [-0.2, -0.15) is 0 Å². The summed E-state index contributed by atoms with van der Waals surface area (Å²) in [6.45, 7) is 5.13. The largest absolute Gasteiger partial charge is 0.330 e. The molecule has 0 atom stereocenters. The van der Waals surface area contributed by atoms with Gasteiger partial charge in [-0.25, -0.2) is 0 Å². The Morgan fingerprint density at radius 3 is 2.53 bits per heavy atom. The zero-order chi connectivity index (χ0) is 12.3. The number of nitrogens with one attached hydrogen (secondary N) is 1. The van der Waals surface area contributed by atoms with Gasteiger partial charge in [0.15, 0.2) is 0 Å². The molecule has 17 heavy (non-hydrogen) atoms. The van der Waals surface area contributed by atoms with Gasteiger partial charge < -0.3 is 11.1 Å². The van der Waals surface area contributed by atoms with Crippen LogP contribution in [0.3, 0.4) is 0 Å². The fourth-order valence-electron chi connectivity index (χ4n) is 1.67. The molecule has 3 N–H and O–H groups in total. The average Bonchev–Trinajstić information content (AvgIpc) is 2.36. The number of thioether (sulfide) groups is 1. The summed E-state index contributed by atoms with van der Waals surface area (Å²) in [7, 11) is 0. The molecule has 2 nitrogen and oxygen atoms in total. The van der Waals surface area contributed by atoms with Crippen LogP contribution < -0.4 is 11.1 Å². The van der Waals surface area contributed by atoms with E-state index in [0.717, 1.165) is 38.2 Å². The molecule has 0 fully saturated rings. The second-order valence-electron chi connectivity index (χ2n) is 4.07. The monoisotopic (exact) mass is 252 g/mol. The van der Waals surface area contributed by atoms with Gasteiger partial charge in [0.25, 0.3) is 0 Å². The Bertz CT molecular complexity index is 285. The Hall–Kier alpha value is -0.510. The highest BCUT2D eigenvalue weighted by Gasteiger charge is 1.95. The fourth-order valence-corrected chi connectivity index (χ4v) is 2.33. The molecule has 1 rings (SSSR count). The predicted octanol–water partition coefficient (Wildman–Crippen LogP) is 2.67. The lowest BCUT2D eigenvalue weighted by atomic mass is 10.1. The third kappa shape index (κ3) is 6.71. The van der Waals surface area contributed by atoms with Crippen LogP contribution in [0.2, 0.25) is 0 Å². The molecule has 0 aromatic heterocycles. The third-order valence-corrected chi connectivity index (χ3v) is 3.53. The van der Waals surface area contributed by atoms with Crippen LogP contribution >= 0.6 is 11.8 Å². The summed E-state index contributed by atoms with van der Waals surface area (Å²) < 4.78 is 0. The van der Waals surface area contributed by atoms with Gasteiger partial charge in [0.2, 0.25) is 0 Å². The first-order chi connectivity index (χ1) is 8.36. The molecule has 0 amide bonds. The number of rotatable bonds is 9. The fraction of sp³-hybridized carbons (Fsp3) is 0.571. The summed E-state index contributed by atoms with van der Waals surface area (Å²) in [6, 6.07) is 8.91. The van der Waals surface area contributed by atoms with Gasteiger partial charge in [0, 0.05) is 4.90 Å². The summed E-state index contributed by atoms with van der Waals surface area (Å²) in [5, 5.41) is 3.45. The molecule has 0 saturated heterocycles. The number of nitrogens with two attached hydrogens (primary N) is 1. The van der Waals surface area contributed by atoms with Crippen molar-refractivity contribution in [3.05, 3.63) is 29.8 Å². The van der Waals surface area contributed by atoms with E-state index in [1.54, 1.807) is 0 Å². The first-order valence-corrected chi connectivity index (χ1v) is 7.48. The molecule has 3 heteroatoms. The highest BCUT2D eigenvalue weighted by atomic mass is 32.2. The quantitative estimate of drug-likeness (QED) is 0.524. The van der Waals surface area contributed by atoms with E-state index in [1.165, 1.54) is 16.9 Å². The molecular formula is C14H24N2S. The number of hydrogen-bond acceptors (Lipinski definition) is 3. The number of unbranched alkanes of at least 4 members (excludes halogenated alkanes) is 1. The molecule has 0 spiro atoms. The summed E-state index contributed by atoms with van der Waals surface area (Å²) in [4.78, 5) is 1.37. The highest BCUT2D eigenvalue weighted by molar-refractivity contribution is 7.99. The van der Waals surface area contributed by atoms with Crippen molar-refractivity contribution < 1.29 is 0 Å². The lowest BCUT2D eigenvalue weighted by Gasteiger charge is -2.05. The van der Waals surface area contributed by atoms with Crippen molar-refractivity contribution in [1.29, 1.82) is 0 Å². The lowest BCUT2D eigenvalue weighted by Crippen LogP contribution is -2.19. The van der Waals surface area contributed by atoms with Gasteiger partial charge in [0.1, 0.15) is 0 Å². The maximum Gasteiger partial charge on any atom is 0.00720 e. The van der Waals surface area contributed by atoms with Crippen molar-refractivity contribution in [3.63, 3.8) is 0 Å². The van der Waals surface area contributed by atoms with Crippen LogP contribution in [-0.4, -0.2) is 25.4 Å². The molecule has 0 aliphatic rings. The van der Waals surface area contributed by atoms with E-state index in [-0.39, 0.29) is 0 Å². The van der Waals surface area contributed by atoms with E-state index in [0.29, 0.717) is 0 Å². The van der Waals surface area contributed by atoms with E-state index in [2.05, 4.69) is 36.5 Å². The summed E-state index contributed by atoms with van der Waals surface area (Å²) >= 11 is 1.89. The summed E-state index contributed by atoms with van der Waals surface area (Å²) in [6.07, 6.45) is 3.41. The van der Waals surface area contributed by atoms with Gasteiger partial charge in [-0.05, 0) is 62.3 Å². The van der Waals surface area contributed by atoms with E-state index >= 15 is 0 Å². The van der Waals surface area contributed by atoms with E-state index in [4.69, 9.17) is 5.73 Å². The number of hydrogen-bond donors (Lipinski definition) is 2. The van der Waals surface area contributed by atoms with E-state index < -0.39 is 0 Å². The zero-order valence-electron chi connectivity index (χ0n) is 10.7. The predicted molar refractivity (Wildman–Crippen MR) is 77.7 cm³/mol. The van der Waals surface area contributed by atoms with Crippen molar-refractivity contribution in [1.82, 2.24) is 5.32 Å². The van der Waals surface area contributed by atoms with Crippen LogP contribution in [0.15, 0.2) is 29.2 Å². The normalized spacial score (nSPS) is 10.7. The SMILES string of the molecule is CCSc1ccc(CCNCCCCN)cc1. The van der Waals surface area contributed by atoms with E-state index in [1.807, 2.05) is 11.8 Å². The zero-order valence-corrected chi connectivity index (χ0v) is 11.6. The van der Waals surface area contributed by atoms with Crippen molar-refractivity contribution in [2.75, 3.05) is 25.4 Å². The molecular weight excluding hydrogens is 228 g/mol. The Morgan fingerprint density at radius 2 is 1.88 bits per heavy atom.